The zero-order valence-corrected chi connectivity index (χ0v) is 19.5. The Kier molecular flexibility index (Phi) is 5.20. The Morgan fingerprint density at radius 1 is 0.750 bits per heavy atom. The molecule has 3 aromatic rings. The van der Waals surface area contributed by atoms with Gasteiger partial charge in [0.2, 0.25) is 11.8 Å². The molecule has 3 nitrogen and oxygen atoms in total. The topological polar surface area (TPSA) is 37.4 Å². The first-order valence-corrected chi connectivity index (χ1v) is 11.9. The van der Waals surface area contributed by atoms with Crippen molar-refractivity contribution in [3.05, 3.63) is 118 Å². The summed E-state index contributed by atoms with van der Waals surface area (Å²) in [5.74, 6) is -3.06. The second-order valence-electron chi connectivity index (χ2n) is 9.23. The largest absolute Gasteiger partial charge is 0.416 e. The Morgan fingerprint density at radius 2 is 1.25 bits per heavy atom. The Balaban J connectivity index is 1.47. The predicted octanol–water partition coefficient (Wildman–Crippen LogP) is 6.78. The molecule has 36 heavy (non-hydrogen) atoms. The highest BCUT2D eigenvalue weighted by Gasteiger charge is 2.62. The maximum Gasteiger partial charge on any atom is 0.416 e. The van der Waals surface area contributed by atoms with Gasteiger partial charge in [-0.25, -0.2) is 4.90 Å². The maximum atomic E-state index is 13.7. The number of benzene rings is 3. The van der Waals surface area contributed by atoms with E-state index in [1.54, 1.807) is 0 Å². The fourth-order valence-electron chi connectivity index (χ4n) is 5.90. The summed E-state index contributed by atoms with van der Waals surface area (Å²) in [5, 5.41) is -0.0741. The van der Waals surface area contributed by atoms with Crippen LogP contribution in [-0.2, 0) is 15.8 Å². The van der Waals surface area contributed by atoms with Crippen molar-refractivity contribution in [2.45, 2.75) is 6.18 Å². The number of anilines is 1. The molecule has 0 N–H and O–H groups in total. The minimum Gasteiger partial charge on any atom is -0.274 e. The van der Waals surface area contributed by atoms with Gasteiger partial charge in [-0.15, -0.1) is 0 Å². The molecule has 6 rings (SSSR count). The predicted molar refractivity (Wildman–Crippen MR) is 131 cm³/mol. The van der Waals surface area contributed by atoms with Crippen LogP contribution in [0.1, 0.15) is 16.7 Å². The lowest BCUT2D eigenvalue weighted by molar-refractivity contribution is -0.137. The summed E-state index contributed by atoms with van der Waals surface area (Å²) in [4.78, 5) is 28.2. The number of rotatable bonds is 3. The number of fused-ring (bicyclic) bond motifs is 5. The van der Waals surface area contributed by atoms with Gasteiger partial charge in [-0.1, -0.05) is 84.4 Å². The van der Waals surface area contributed by atoms with Gasteiger partial charge in [0.25, 0.3) is 0 Å². The first-order valence-electron chi connectivity index (χ1n) is 11.5. The van der Waals surface area contributed by atoms with Crippen LogP contribution in [0.25, 0.3) is 5.57 Å². The van der Waals surface area contributed by atoms with Crippen LogP contribution in [0.15, 0.2) is 96.6 Å². The van der Waals surface area contributed by atoms with Crippen molar-refractivity contribution >= 4 is 34.7 Å². The number of imide groups is 1. The molecule has 0 aromatic heterocycles. The molecule has 1 saturated heterocycles. The Labute approximate surface area is 210 Å². The highest BCUT2D eigenvalue weighted by Crippen LogP contribution is 2.59. The van der Waals surface area contributed by atoms with E-state index < -0.39 is 35.4 Å². The summed E-state index contributed by atoms with van der Waals surface area (Å²) in [6.45, 7) is 0. The zero-order chi connectivity index (χ0) is 25.2. The maximum absolute atomic E-state index is 13.7. The van der Waals surface area contributed by atoms with E-state index in [-0.39, 0.29) is 22.5 Å². The van der Waals surface area contributed by atoms with E-state index in [1.165, 1.54) is 0 Å². The molecule has 2 bridgehead atoms. The first kappa shape index (κ1) is 22.8. The highest BCUT2D eigenvalue weighted by atomic mass is 35.5. The molecule has 1 aliphatic heterocycles. The lowest BCUT2D eigenvalue weighted by atomic mass is 9.85. The number of halogens is 4. The number of carbonyl (C=O) groups excluding carboxylic acids is 2. The van der Waals surface area contributed by atoms with E-state index in [1.807, 2.05) is 72.8 Å². The van der Waals surface area contributed by atoms with Crippen LogP contribution in [0, 0.1) is 23.7 Å². The quantitative estimate of drug-likeness (QED) is 0.290. The summed E-state index contributed by atoms with van der Waals surface area (Å²) in [6, 6.07) is 22.3. The Bertz CT molecular complexity index is 1370. The van der Waals surface area contributed by atoms with Gasteiger partial charge in [0.05, 0.1) is 28.1 Å². The number of hydrogen-bond donors (Lipinski definition) is 0. The van der Waals surface area contributed by atoms with Crippen LogP contribution in [-0.4, -0.2) is 11.8 Å². The zero-order valence-electron chi connectivity index (χ0n) is 18.7. The van der Waals surface area contributed by atoms with E-state index >= 15 is 0 Å². The molecule has 2 fully saturated rings. The minimum absolute atomic E-state index is 0.0741. The standard InChI is InChI=1S/C29H19ClF3NO2/c30-21-14-11-18(29(31,32)33)15-22(21)34-27(35)25-19-12-13-20(26(25)28(34)36)24(19)23(16-7-3-1-4-8-16)17-9-5-2-6-10-17/h1-15,19-20,25-26H. The van der Waals surface area contributed by atoms with E-state index in [4.69, 9.17) is 11.6 Å². The SMILES string of the molecule is O=C1C2C3C=CC(C3=C(c3ccccc3)c3ccccc3)C2C(=O)N1c1cc(C(F)(F)F)ccc1Cl. The van der Waals surface area contributed by atoms with Gasteiger partial charge in [-0.05, 0) is 40.5 Å². The van der Waals surface area contributed by atoms with Gasteiger partial charge in [-0.2, -0.15) is 13.2 Å². The molecule has 4 unspecified atom stereocenters. The van der Waals surface area contributed by atoms with Crippen LogP contribution in [0.2, 0.25) is 5.02 Å². The molecule has 0 radical (unpaired) electrons. The smallest absolute Gasteiger partial charge is 0.274 e. The average molecular weight is 506 g/mol. The molecular formula is C29H19ClF3NO2. The summed E-state index contributed by atoms with van der Waals surface area (Å²) < 4.78 is 40.1. The molecule has 3 aromatic carbocycles. The van der Waals surface area contributed by atoms with Gasteiger partial charge in [0.15, 0.2) is 0 Å². The lowest BCUT2D eigenvalue weighted by Crippen LogP contribution is -2.33. The number of alkyl halides is 3. The van der Waals surface area contributed by atoms with Crippen molar-refractivity contribution in [2.24, 2.45) is 23.7 Å². The second kappa shape index (κ2) is 8.20. The van der Waals surface area contributed by atoms with Crippen LogP contribution < -0.4 is 4.90 Å². The fraction of sp³-hybridized carbons (Fsp3) is 0.172. The monoisotopic (exact) mass is 505 g/mol. The summed E-state index contributed by atoms with van der Waals surface area (Å²) >= 11 is 6.20. The van der Waals surface area contributed by atoms with Crippen molar-refractivity contribution in [2.75, 3.05) is 4.90 Å². The molecule has 2 amide bonds. The van der Waals surface area contributed by atoms with Crippen molar-refractivity contribution in [1.82, 2.24) is 0 Å². The molecule has 4 atom stereocenters. The normalized spacial score (nSPS) is 24.6. The van der Waals surface area contributed by atoms with Crippen molar-refractivity contribution in [3.8, 4) is 0 Å². The Hall–Kier alpha value is -3.64. The van der Waals surface area contributed by atoms with E-state index in [2.05, 4.69) is 0 Å². The number of nitrogens with zero attached hydrogens (tertiary/aromatic N) is 1. The molecular weight excluding hydrogens is 487 g/mol. The summed E-state index contributed by atoms with van der Waals surface area (Å²) in [7, 11) is 0. The van der Waals surface area contributed by atoms with Crippen LogP contribution in [0.3, 0.4) is 0 Å². The van der Waals surface area contributed by atoms with E-state index in [0.717, 1.165) is 45.4 Å². The van der Waals surface area contributed by atoms with Crippen molar-refractivity contribution < 1.29 is 22.8 Å². The summed E-state index contributed by atoms with van der Waals surface area (Å²) in [6.07, 6.45) is -0.720. The first-order chi connectivity index (χ1) is 17.3. The lowest BCUT2D eigenvalue weighted by Gasteiger charge is -2.23. The summed E-state index contributed by atoms with van der Waals surface area (Å²) in [5.41, 5.74) is 2.77. The molecule has 1 saturated carbocycles. The third kappa shape index (κ3) is 3.35. The molecule has 1 heterocycles. The average Bonchev–Trinajstić information content (AvgIpc) is 3.50. The minimum atomic E-state index is -4.63. The van der Waals surface area contributed by atoms with Gasteiger partial charge in [-0.3, -0.25) is 9.59 Å². The highest BCUT2D eigenvalue weighted by molar-refractivity contribution is 6.36. The number of carbonyl (C=O) groups is 2. The van der Waals surface area contributed by atoms with Crippen LogP contribution in [0.4, 0.5) is 18.9 Å². The van der Waals surface area contributed by atoms with Crippen LogP contribution >= 0.6 is 11.6 Å². The Morgan fingerprint density at radius 3 is 1.72 bits per heavy atom. The number of allylic oxidation sites excluding steroid dienone is 3. The van der Waals surface area contributed by atoms with Gasteiger partial charge in [0, 0.05) is 11.8 Å². The molecule has 0 spiro atoms. The third-order valence-corrected chi connectivity index (χ3v) is 7.66. The van der Waals surface area contributed by atoms with Crippen molar-refractivity contribution in [1.29, 1.82) is 0 Å². The van der Waals surface area contributed by atoms with E-state index in [0.29, 0.717) is 0 Å². The van der Waals surface area contributed by atoms with Crippen molar-refractivity contribution in [3.63, 3.8) is 0 Å². The van der Waals surface area contributed by atoms with Gasteiger partial charge >= 0.3 is 6.18 Å². The molecule has 3 aliphatic rings. The number of hydrogen-bond acceptors (Lipinski definition) is 2. The van der Waals surface area contributed by atoms with Gasteiger partial charge < -0.3 is 0 Å². The molecule has 7 heteroatoms. The van der Waals surface area contributed by atoms with Crippen LogP contribution in [0.5, 0.6) is 0 Å². The fourth-order valence-corrected chi connectivity index (χ4v) is 6.11. The molecule has 2 aliphatic carbocycles. The number of amides is 2. The third-order valence-electron chi connectivity index (χ3n) is 7.34. The van der Waals surface area contributed by atoms with E-state index in [9.17, 15) is 22.8 Å². The second-order valence-corrected chi connectivity index (χ2v) is 9.63. The molecule has 180 valence electrons. The van der Waals surface area contributed by atoms with Gasteiger partial charge in [0.1, 0.15) is 0 Å².